The lowest BCUT2D eigenvalue weighted by atomic mass is 9.84. The van der Waals surface area contributed by atoms with Crippen molar-refractivity contribution in [2.75, 3.05) is 6.54 Å². The molecule has 2 unspecified atom stereocenters. The number of imide groups is 2. The molecule has 1 aliphatic carbocycles. The van der Waals surface area contributed by atoms with E-state index in [1.54, 1.807) is 18.2 Å². The van der Waals surface area contributed by atoms with Gasteiger partial charge in [-0.15, -0.1) is 12.4 Å². The fourth-order valence-electron chi connectivity index (χ4n) is 3.37. The molecule has 3 aliphatic rings. The van der Waals surface area contributed by atoms with Gasteiger partial charge >= 0.3 is 0 Å². The Labute approximate surface area is 139 Å². The van der Waals surface area contributed by atoms with Gasteiger partial charge in [0.15, 0.2) is 0 Å². The number of amides is 4. The highest BCUT2D eigenvalue weighted by atomic mass is 35.5. The average molecular weight is 340 g/mol. The van der Waals surface area contributed by atoms with Crippen LogP contribution in [-0.2, 0) is 19.2 Å². The molecule has 124 valence electrons. The minimum atomic E-state index is -1.33. The Kier molecular flexibility index (Phi) is 4.45. The number of hydrogen-bond donors (Lipinski definition) is 2. The topological polar surface area (TPSA) is 110 Å². The van der Waals surface area contributed by atoms with Gasteiger partial charge in [0.1, 0.15) is 5.54 Å². The van der Waals surface area contributed by atoms with Crippen molar-refractivity contribution in [3.8, 4) is 0 Å². The molecule has 0 bridgehead atoms. The number of halogens is 1. The fraction of sp³-hybridized carbons (Fsp3) is 0.467. The number of likely N-dealkylation sites (tertiary alicyclic amines) is 1. The zero-order valence-corrected chi connectivity index (χ0v) is 13.4. The predicted molar refractivity (Wildman–Crippen MR) is 83.1 cm³/mol. The molecule has 2 heterocycles. The lowest BCUT2D eigenvalue weighted by Gasteiger charge is -2.38. The number of rotatable bonds is 2. The zero-order chi connectivity index (χ0) is 16.1. The van der Waals surface area contributed by atoms with Gasteiger partial charge in [0.05, 0.1) is 11.8 Å². The van der Waals surface area contributed by atoms with E-state index in [-0.39, 0.29) is 37.7 Å². The third-order valence-electron chi connectivity index (χ3n) is 4.69. The number of hydrogen-bond acceptors (Lipinski definition) is 5. The van der Waals surface area contributed by atoms with Gasteiger partial charge in [-0.2, -0.15) is 0 Å². The molecule has 3 rings (SSSR count). The van der Waals surface area contributed by atoms with E-state index in [2.05, 4.69) is 5.32 Å². The van der Waals surface area contributed by atoms with Gasteiger partial charge in [0.25, 0.3) is 5.91 Å². The van der Waals surface area contributed by atoms with Crippen LogP contribution >= 0.6 is 12.4 Å². The van der Waals surface area contributed by atoms with Crippen molar-refractivity contribution in [1.82, 2.24) is 10.2 Å². The van der Waals surface area contributed by atoms with Crippen LogP contribution in [0.15, 0.2) is 23.8 Å². The van der Waals surface area contributed by atoms with Crippen molar-refractivity contribution >= 4 is 36.0 Å². The second-order valence-electron chi connectivity index (χ2n) is 6.00. The first-order valence-electron chi connectivity index (χ1n) is 7.19. The summed E-state index contributed by atoms with van der Waals surface area (Å²) in [6.45, 7) is 1.71. The molecule has 2 saturated heterocycles. The van der Waals surface area contributed by atoms with E-state index in [1.165, 1.54) is 6.92 Å². The molecule has 2 fully saturated rings. The summed E-state index contributed by atoms with van der Waals surface area (Å²) in [6, 6.07) is 0. The third kappa shape index (κ3) is 2.40. The lowest BCUT2D eigenvalue weighted by molar-refractivity contribution is -0.158. The highest BCUT2D eigenvalue weighted by Gasteiger charge is 2.57. The highest BCUT2D eigenvalue weighted by Crippen LogP contribution is 2.40. The normalized spacial score (nSPS) is 33.1. The van der Waals surface area contributed by atoms with Crippen LogP contribution in [0.3, 0.4) is 0 Å². The predicted octanol–water partition coefficient (Wildman–Crippen LogP) is -0.340. The highest BCUT2D eigenvalue weighted by molar-refractivity contribution is 6.13. The smallest absolute Gasteiger partial charge is 0.252 e. The summed E-state index contributed by atoms with van der Waals surface area (Å²) < 4.78 is 0. The molecule has 0 aromatic carbocycles. The van der Waals surface area contributed by atoms with Crippen LogP contribution in [0.5, 0.6) is 0 Å². The minimum Gasteiger partial charge on any atom is -0.327 e. The number of nitrogens with zero attached hydrogens (tertiary/aromatic N) is 1. The molecule has 3 N–H and O–H groups in total. The van der Waals surface area contributed by atoms with Gasteiger partial charge in [-0.1, -0.05) is 18.2 Å². The molecular formula is C15H18ClN3O4. The van der Waals surface area contributed by atoms with E-state index in [0.717, 1.165) is 4.90 Å². The van der Waals surface area contributed by atoms with Gasteiger partial charge < -0.3 is 5.73 Å². The fourth-order valence-corrected chi connectivity index (χ4v) is 3.37. The number of allylic oxidation sites excluding steroid dienone is 2. The van der Waals surface area contributed by atoms with Crippen molar-refractivity contribution in [3.05, 3.63) is 23.8 Å². The first kappa shape index (κ1) is 17.4. The van der Waals surface area contributed by atoms with E-state index in [4.69, 9.17) is 5.73 Å². The monoisotopic (exact) mass is 339 g/mol. The Bertz CT molecular complexity index is 657. The maximum atomic E-state index is 12.8. The number of nitrogens with two attached hydrogens (primary N) is 1. The number of piperidine rings is 1. The molecule has 23 heavy (non-hydrogen) atoms. The second-order valence-corrected chi connectivity index (χ2v) is 6.00. The largest absolute Gasteiger partial charge is 0.327 e. The molecule has 3 atom stereocenters. The van der Waals surface area contributed by atoms with Crippen molar-refractivity contribution in [3.63, 3.8) is 0 Å². The van der Waals surface area contributed by atoms with E-state index in [0.29, 0.717) is 5.57 Å². The van der Waals surface area contributed by atoms with E-state index in [9.17, 15) is 19.2 Å². The van der Waals surface area contributed by atoms with E-state index < -0.39 is 35.1 Å². The van der Waals surface area contributed by atoms with Gasteiger partial charge in [0, 0.05) is 13.0 Å². The maximum absolute atomic E-state index is 12.8. The summed E-state index contributed by atoms with van der Waals surface area (Å²) in [6.07, 6.45) is 5.36. The van der Waals surface area contributed by atoms with Crippen LogP contribution in [0.25, 0.3) is 0 Å². The standard InChI is InChI=1S/C15H17N3O4.ClH/c1-15(6-5-10(19)17-14(15)22)18-12(20)9-4-2-3-8(7-16)11(9)13(18)21;/h2-4,9,11H,5-7,16H2,1H3,(H,17,19,22);1H/t9?,11?,15-;/m0./s1. The number of carbonyl (C=O) groups excluding carboxylic acids is 4. The SMILES string of the molecule is C[C@]1(N2C(=O)C3C=CC=C(CN)C3C2=O)CCC(=O)NC1=O.Cl. The molecule has 2 aliphatic heterocycles. The Morgan fingerprint density at radius 3 is 2.61 bits per heavy atom. The molecule has 0 aromatic rings. The Morgan fingerprint density at radius 2 is 2.00 bits per heavy atom. The summed E-state index contributed by atoms with van der Waals surface area (Å²) >= 11 is 0. The van der Waals surface area contributed by atoms with Crippen LogP contribution in [0.1, 0.15) is 19.8 Å². The molecule has 0 radical (unpaired) electrons. The van der Waals surface area contributed by atoms with Crippen LogP contribution in [0.2, 0.25) is 0 Å². The van der Waals surface area contributed by atoms with Crippen LogP contribution in [-0.4, -0.2) is 40.6 Å². The molecule has 8 heteroatoms. The number of fused-ring (bicyclic) bond motifs is 1. The van der Waals surface area contributed by atoms with Crippen LogP contribution in [0, 0.1) is 11.8 Å². The maximum Gasteiger partial charge on any atom is 0.252 e. The van der Waals surface area contributed by atoms with Crippen molar-refractivity contribution in [2.24, 2.45) is 17.6 Å². The molecule has 4 amide bonds. The van der Waals surface area contributed by atoms with E-state index >= 15 is 0 Å². The number of carbonyl (C=O) groups is 4. The molecule has 7 nitrogen and oxygen atoms in total. The van der Waals surface area contributed by atoms with Gasteiger partial charge in [-0.25, -0.2) is 0 Å². The summed E-state index contributed by atoms with van der Waals surface area (Å²) in [5.41, 5.74) is 5.02. The summed E-state index contributed by atoms with van der Waals surface area (Å²) in [5, 5.41) is 2.21. The van der Waals surface area contributed by atoms with Gasteiger partial charge in [-0.3, -0.25) is 29.4 Å². The first-order chi connectivity index (χ1) is 10.4. The second kappa shape index (κ2) is 5.90. The van der Waals surface area contributed by atoms with E-state index in [1.807, 2.05) is 0 Å². The van der Waals surface area contributed by atoms with Gasteiger partial charge in [-0.05, 0) is 18.9 Å². The summed E-state index contributed by atoms with van der Waals surface area (Å²) in [5.74, 6) is -3.06. The zero-order valence-electron chi connectivity index (χ0n) is 12.6. The molecule has 0 spiro atoms. The molecule has 0 aromatic heterocycles. The lowest BCUT2D eigenvalue weighted by Crippen LogP contribution is -2.63. The van der Waals surface area contributed by atoms with Crippen molar-refractivity contribution < 1.29 is 19.2 Å². The van der Waals surface area contributed by atoms with Gasteiger partial charge in [0.2, 0.25) is 17.7 Å². The summed E-state index contributed by atoms with van der Waals surface area (Å²) in [4.78, 5) is 50.0. The average Bonchev–Trinajstić information content (AvgIpc) is 2.76. The Morgan fingerprint density at radius 1 is 1.30 bits per heavy atom. The Balaban J connectivity index is 0.00000192. The minimum absolute atomic E-state index is 0. The van der Waals surface area contributed by atoms with Crippen LogP contribution in [0.4, 0.5) is 0 Å². The quantitative estimate of drug-likeness (QED) is 0.669. The number of nitrogens with one attached hydrogen (secondary N) is 1. The van der Waals surface area contributed by atoms with Crippen molar-refractivity contribution in [1.29, 1.82) is 0 Å². The molecular weight excluding hydrogens is 322 g/mol. The molecule has 0 saturated carbocycles. The van der Waals surface area contributed by atoms with Crippen molar-refractivity contribution in [2.45, 2.75) is 25.3 Å². The summed E-state index contributed by atoms with van der Waals surface area (Å²) in [7, 11) is 0. The third-order valence-corrected chi connectivity index (χ3v) is 4.69. The Hall–Kier alpha value is -1.99. The first-order valence-corrected chi connectivity index (χ1v) is 7.19. The van der Waals surface area contributed by atoms with Crippen LogP contribution < -0.4 is 11.1 Å².